The van der Waals surface area contributed by atoms with Gasteiger partial charge in [0.25, 0.3) is 5.24 Å². The predicted molar refractivity (Wildman–Crippen MR) is 52.5 cm³/mol. The Morgan fingerprint density at radius 3 is 2.50 bits per heavy atom. The highest BCUT2D eigenvalue weighted by molar-refractivity contribution is 6.68. The maximum absolute atomic E-state index is 12.1. The second kappa shape index (κ2) is 4.77. The van der Waals surface area contributed by atoms with Crippen molar-refractivity contribution in [1.29, 1.82) is 0 Å². The van der Waals surface area contributed by atoms with E-state index in [1.165, 1.54) is 6.92 Å². The highest BCUT2D eigenvalue weighted by Crippen LogP contribution is 2.35. The Labute approximate surface area is 102 Å². The highest BCUT2D eigenvalue weighted by Gasteiger charge is 2.38. The molecule has 1 aromatic heterocycles. The van der Waals surface area contributed by atoms with E-state index in [4.69, 9.17) is 11.6 Å². The van der Waals surface area contributed by atoms with Gasteiger partial charge in [-0.15, -0.1) is 13.2 Å². The van der Waals surface area contributed by atoms with Crippen LogP contribution in [0.15, 0.2) is 6.07 Å². The Balaban J connectivity index is 3.51. The summed E-state index contributed by atoms with van der Waals surface area (Å²) >= 11 is 5.05. The number of nitro groups is 1. The molecule has 0 saturated carbocycles. The topological polar surface area (TPSA) is 82.3 Å². The van der Waals surface area contributed by atoms with Crippen molar-refractivity contribution >= 4 is 22.7 Å². The van der Waals surface area contributed by atoms with Crippen LogP contribution < -0.4 is 4.74 Å². The number of aromatic nitrogens is 1. The molecule has 0 aliphatic heterocycles. The van der Waals surface area contributed by atoms with Crippen molar-refractivity contribution in [3.05, 3.63) is 27.4 Å². The van der Waals surface area contributed by atoms with Crippen molar-refractivity contribution in [2.45, 2.75) is 13.3 Å². The molecule has 1 aromatic rings. The number of hydrogen-bond acceptors (Lipinski definition) is 5. The number of rotatable bonds is 3. The minimum atomic E-state index is -5.21. The predicted octanol–water partition coefficient (Wildman–Crippen LogP) is 2.58. The minimum Gasteiger partial charge on any atom is -0.396 e. The van der Waals surface area contributed by atoms with Gasteiger partial charge in [0, 0.05) is 13.0 Å². The van der Waals surface area contributed by atoms with Crippen LogP contribution in [0.5, 0.6) is 5.75 Å². The number of carbonyl (C=O) groups excluding carboxylic acids is 1. The molecule has 0 fully saturated rings. The van der Waals surface area contributed by atoms with Crippen LogP contribution in [0.25, 0.3) is 0 Å². The number of pyridine rings is 1. The molecule has 0 spiro atoms. The minimum absolute atomic E-state index is 0.0415. The Morgan fingerprint density at radius 1 is 1.56 bits per heavy atom. The van der Waals surface area contributed by atoms with E-state index in [1.807, 2.05) is 0 Å². The van der Waals surface area contributed by atoms with Gasteiger partial charge in [-0.1, -0.05) is 0 Å². The molecule has 0 atom stereocenters. The monoisotopic (exact) mass is 284 g/mol. The zero-order valence-corrected chi connectivity index (χ0v) is 9.37. The van der Waals surface area contributed by atoms with E-state index in [0.717, 1.165) is 6.07 Å². The average Bonchev–Trinajstić information content (AvgIpc) is 2.17. The van der Waals surface area contributed by atoms with E-state index >= 15 is 0 Å². The molecule has 0 N–H and O–H groups in total. The molecule has 98 valence electrons. The quantitative estimate of drug-likeness (QED) is 0.484. The molecular weight excluding hydrogens is 281 g/mol. The van der Waals surface area contributed by atoms with Crippen LogP contribution in [-0.4, -0.2) is 21.5 Å². The second-order valence-corrected chi connectivity index (χ2v) is 3.39. The van der Waals surface area contributed by atoms with Crippen LogP contribution in [0, 0.1) is 17.0 Å². The first-order valence-corrected chi connectivity index (χ1v) is 4.61. The normalized spacial score (nSPS) is 11.2. The van der Waals surface area contributed by atoms with Crippen LogP contribution in [-0.2, 0) is 0 Å². The Hall–Kier alpha value is -1.90. The van der Waals surface area contributed by atoms with E-state index in [1.54, 1.807) is 0 Å². The molecule has 0 bridgehead atoms. The first-order valence-electron chi connectivity index (χ1n) is 4.23. The lowest BCUT2D eigenvalue weighted by atomic mass is 10.2. The van der Waals surface area contributed by atoms with E-state index in [-0.39, 0.29) is 5.69 Å². The van der Waals surface area contributed by atoms with Crippen LogP contribution in [0.4, 0.5) is 19.0 Å². The molecule has 10 heteroatoms. The third-order valence-corrected chi connectivity index (χ3v) is 1.89. The van der Waals surface area contributed by atoms with Crippen molar-refractivity contribution in [2.24, 2.45) is 0 Å². The average molecular weight is 285 g/mol. The number of carbonyl (C=O) groups is 1. The lowest BCUT2D eigenvalue weighted by Crippen LogP contribution is -2.20. The summed E-state index contributed by atoms with van der Waals surface area (Å²) in [5.74, 6) is -2.55. The third-order valence-electron chi connectivity index (χ3n) is 1.69. The molecule has 0 aromatic carbocycles. The van der Waals surface area contributed by atoms with Crippen molar-refractivity contribution in [3.8, 4) is 5.75 Å². The van der Waals surface area contributed by atoms with Gasteiger partial charge in [0.2, 0.25) is 5.75 Å². The summed E-state index contributed by atoms with van der Waals surface area (Å²) in [6.45, 7) is 1.26. The van der Waals surface area contributed by atoms with E-state index < -0.39 is 33.7 Å². The standard InChI is InChI=1S/C8H4ClF3N2O4/c1-3-2-4(6(9)15)5(18-8(10,11)12)7(13-3)14(16)17/h2H,1H3. The van der Waals surface area contributed by atoms with Crippen molar-refractivity contribution in [3.63, 3.8) is 0 Å². The molecule has 0 unspecified atom stereocenters. The molecule has 1 rings (SSSR count). The van der Waals surface area contributed by atoms with Crippen LogP contribution >= 0.6 is 11.6 Å². The highest BCUT2D eigenvalue weighted by atomic mass is 35.5. The molecule has 1 heterocycles. The van der Waals surface area contributed by atoms with Gasteiger partial charge in [0.1, 0.15) is 0 Å². The number of ether oxygens (including phenoxy) is 1. The lowest BCUT2D eigenvalue weighted by molar-refractivity contribution is -0.393. The molecular formula is C8H4ClF3N2O4. The molecule has 0 radical (unpaired) electrons. The van der Waals surface area contributed by atoms with Gasteiger partial charge in [0.15, 0.2) is 5.69 Å². The van der Waals surface area contributed by atoms with Gasteiger partial charge in [0.05, 0.1) is 5.56 Å². The van der Waals surface area contributed by atoms with Gasteiger partial charge >= 0.3 is 12.2 Å². The molecule has 0 aliphatic carbocycles. The summed E-state index contributed by atoms with van der Waals surface area (Å²) in [5.41, 5.74) is -0.812. The smallest absolute Gasteiger partial charge is 0.396 e. The molecule has 18 heavy (non-hydrogen) atoms. The Morgan fingerprint density at radius 2 is 2.11 bits per heavy atom. The van der Waals surface area contributed by atoms with E-state index in [2.05, 4.69) is 9.72 Å². The second-order valence-electron chi connectivity index (χ2n) is 3.04. The van der Waals surface area contributed by atoms with Crippen LogP contribution in [0.1, 0.15) is 16.1 Å². The van der Waals surface area contributed by atoms with Crippen molar-refractivity contribution < 1.29 is 27.6 Å². The number of nitrogens with zero attached hydrogens (tertiary/aromatic N) is 2. The molecule has 0 saturated heterocycles. The summed E-state index contributed by atoms with van der Waals surface area (Å²) in [6, 6.07) is 0.864. The van der Waals surface area contributed by atoms with Crippen LogP contribution in [0.2, 0.25) is 0 Å². The van der Waals surface area contributed by atoms with E-state index in [0.29, 0.717) is 0 Å². The van der Waals surface area contributed by atoms with Crippen molar-refractivity contribution in [1.82, 2.24) is 4.98 Å². The number of alkyl halides is 3. The summed E-state index contributed by atoms with van der Waals surface area (Å²) in [4.78, 5) is 23.6. The Kier molecular flexibility index (Phi) is 3.75. The number of aryl methyl sites for hydroxylation is 1. The SMILES string of the molecule is Cc1cc(C(=O)Cl)c(OC(F)(F)F)c([N+](=O)[O-])n1. The summed E-state index contributed by atoms with van der Waals surface area (Å²) in [5, 5.41) is 9.26. The number of hydrogen-bond donors (Lipinski definition) is 0. The van der Waals surface area contributed by atoms with Crippen molar-refractivity contribution in [2.75, 3.05) is 0 Å². The molecule has 0 aliphatic rings. The van der Waals surface area contributed by atoms with Gasteiger partial charge in [-0.05, 0) is 21.5 Å². The largest absolute Gasteiger partial charge is 0.573 e. The van der Waals surface area contributed by atoms with Crippen LogP contribution in [0.3, 0.4) is 0 Å². The summed E-state index contributed by atoms with van der Waals surface area (Å²) in [6.07, 6.45) is -5.21. The molecule has 0 amide bonds. The molecule has 6 nitrogen and oxygen atoms in total. The third kappa shape index (κ3) is 3.29. The summed E-state index contributed by atoms with van der Waals surface area (Å²) in [7, 11) is 0. The maximum atomic E-state index is 12.1. The fourth-order valence-corrected chi connectivity index (χ4v) is 1.27. The van der Waals surface area contributed by atoms with E-state index in [9.17, 15) is 28.1 Å². The number of halogens is 4. The zero-order valence-electron chi connectivity index (χ0n) is 8.62. The lowest BCUT2D eigenvalue weighted by Gasteiger charge is -2.11. The first kappa shape index (κ1) is 14.2. The van der Waals surface area contributed by atoms with Gasteiger partial charge in [-0.25, -0.2) is 0 Å². The fraction of sp³-hybridized carbons (Fsp3) is 0.250. The fourth-order valence-electron chi connectivity index (χ4n) is 1.13. The zero-order chi connectivity index (χ0) is 14.1. The summed E-state index contributed by atoms with van der Waals surface area (Å²) < 4.78 is 39.7. The maximum Gasteiger partial charge on any atom is 0.573 e. The van der Waals surface area contributed by atoms with Gasteiger partial charge < -0.3 is 14.9 Å². The Bertz CT molecular complexity index is 483. The van der Waals surface area contributed by atoms with Gasteiger partial charge in [-0.3, -0.25) is 4.79 Å². The first-order chi connectivity index (χ1) is 8.11. The van der Waals surface area contributed by atoms with Gasteiger partial charge in [-0.2, -0.15) is 0 Å².